The molecule has 0 aliphatic carbocycles. The summed E-state index contributed by atoms with van der Waals surface area (Å²) in [5.41, 5.74) is 4.63. The van der Waals surface area contributed by atoms with Crippen LogP contribution in [0.4, 0.5) is 5.69 Å². The van der Waals surface area contributed by atoms with E-state index in [2.05, 4.69) is 29.4 Å². The van der Waals surface area contributed by atoms with E-state index in [-0.39, 0.29) is 0 Å². The van der Waals surface area contributed by atoms with Crippen molar-refractivity contribution in [2.45, 2.75) is 13.8 Å². The quantitative estimate of drug-likeness (QED) is 0.789. The van der Waals surface area contributed by atoms with Gasteiger partial charge in [0.25, 0.3) is 0 Å². The van der Waals surface area contributed by atoms with E-state index in [1.807, 2.05) is 20.0 Å². The van der Waals surface area contributed by atoms with Crippen LogP contribution in [-0.2, 0) is 0 Å². The molecule has 3 heteroatoms. The molecule has 3 nitrogen and oxygen atoms in total. The van der Waals surface area contributed by atoms with Crippen LogP contribution in [0.25, 0.3) is 10.9 Å². The lowest BCUT2D eigenvalue weighted by molar-refractivity contribution is 1.27. The fraction of sp³-hybridized carbons (Fsp3) is 0.231. The number of aromatic nitrogens is 1. The maximum absolute atomic E-state index is 8.94. The molecule has 1 aromatic heterocycles. The maximum atomic E-state index is 8.94. The zero-order valence-electron chi connectivity index (χ0n) is 9.63. The molecule has 0 fully saturated rings. The van der Waals surface area contributed by atoms with Gasteiger partial charge in [-0.1, -0.05) is 12.1 Å². The number of anilines is 1. The molecule has 0 spiro atoms. The first-order valence-electron chi connectivity index (χ1n) is 5.16. The summed E-state index contributed by atoms with van der Waals surface area (Å²) >= 11 is 0. The number of aryl methyl sites for hydroxylation is 2. The van der Waals surface area contributed by atoms with Crippen molar-refractivity contribution in [3.63, 3.8) is 0 Å². The van der Waals surface area contributed by atoms with Gasteiger partial charge in [0, 0.05) is 18.1 Å². The number of rotatable bonds is 1. The van der Waals surface area contributed by atoms with Crippen LogP contribution in [0.1, 0.15) is 16.8 Å². The number of fused-ring (bicyclic) bond motifs is 1. The molecular formula is C13H13N3. The third-order valence-corrected chi connectivity index (χ3v) is 2.89. The Hall–Kier alpha value is -2.08. The van der Waals surface area contributed by atoms with Gasteiger partial charge >= 0.3 is 0 Å². The van der Waals surface area contributed by atoms with Gasteiger partial charge in [-0.05, 0) is 31.0 Å². The molecule has 0 saturated carbocycles. The van der Waals surface area contributed by atoms with Crippen molar-refractivity contribution < 1.29 is 0 Å². The summed E-state index contributed by atoms with van der Waals surface area (Å²) in [4.78, 5) is 4.36. The van der Waals surface area contributed by atoms with Crippen LogP contribution in [-0.4, -0.2) is 12.0 Å². The van der Waals surface area contributed by atoms with E-state index in [1.54, 1.807) is 6.07 Å². The number of benzene rings is 1. The van der Waals surface area contributed by atoms with E-state index >= 15 is 0 Å². The lowest BCUT2D eigenvalue weighted by Gasteiger charge is -2.09. The minimum absolute atomic E-state index is 0.450. The minimum atomic E-state index is 0.450. The molecule has 0 bridgehead atoms. The topological polar surface area (TPSA) is 48.7 Å². The summed E-state index contributed by atoms with van der Waals surface area (Å²) in [6, 6.07) is 7.98. The van der Waals surface area contributed by atoms with Crippen molar-refractivity contribution in [2.24, 2.45) is 0 Å². The van der Waals surface area contributed by atoms with E-state index in [9.17, 15) is 0 Å². The Bertz CT molecular complexity index is 594. The first-order chi connectivity index (χ1) is 7.67. The second-order valence-electron chi connectivity index (χ2n) is 3.82. The van der Waals surface area contributed by atoms with Crippen molar-refractivity contribution in [1.82, 2.24) is 4.98 Å². The van der Waals surface area contributed by atoms with Crippen LogP contribution < -0.4 is 5.32 Å². The van der Waals surface area contributed by atoms with Crippen LogP contribution >= 0.6 is 0 Å². The smallest absolute Gasteiger partial charge is 0.143 e. The third-order valence-electron chi connectivity index (χ3n) is 2.89. The lowest BCUT2D eigenvalue weighted by atomic mass is 10.0. The maximum Gasteiger partial charge on any atom is 0.143 e. The van der Waals surface area contributed by atoms with Crippen LogP contribution in [0.3, 0.4) is 0 Å². The van der Waals surface area contributed by atoms with Gasteiger partial charge in [0.2, 0.25) is 0 Å². The molecule has 1 N–H and O–H groups in total. The van der Waals surface area contributed by atoms with E-state index in [0.717, 1.165) is 22.2 Å². The second-order valence-corrected chi connectivity index (χ2v) is 3.82. The fourth-order valence-corrected chi connectivity index (χ4v) is 1.79. The Morgan fingerprint density at radius 3 is 2.69 bits per heavy atom. The Labute approximate surface area is 94.7 Å². The molecule has 0 amide bonds. The SMILES string of the molecule is CNc1cc(C#N)nc2c(C)c(C)ccc12. The van der Waals surface area contributed by atoms with Crippen molar-refractivity contribution in [2.75, 3.05) is 12.4 Å². The first kappa shape index (κ1) is 10.4. The molecule has 0 aliphatic heterocycles. The Balaban J connectivity index is 2.91. The molecule has 0 atom stereocenters. The molecule has 0 radical (unpaired) electrons. The highest BCUT2D eigenvalue weighted by molar-refractivity contribution is 5.94. The van der Waals surface area contributed by atoms with Gasteiger partial charge in [-0.2, -0.15) is 5.26 Å². The minimum Gasteiger partial charge on any atom is -0.387 e. The van der Waals surface area contributed by atoms with Crippen LogP contribution in [0.2, 0.25) is 0 Å². The predicted octanol–water partition coefficient (Wildman–Crippen LogP) is 2.77. The number of nitrogens with one attached hydrogen (secondary N) is 1. The van der Waals surface area contributed by atoms with E-state index in [0.29, 0.717) is 5.69 Å². The van der Waals surface area contributed by atoms with Gasteiger partial charge in [0.1, 0.15) is 11.8 Å². The van der Waals surface area contributed by atoms with Gasteiger partial charge in [0.15, 0.2) is 0 Å². The van der Waals surface area contributed by atoms with Crippen molar-refractivity contribution in [3.8, 4) is 6.07 Å². The largest absolute Gasteiger partial charge is 0.387 e. The zero-order valence-corrected chi connectivity index (χ0v) is 9.63. The second kappa shape index (κ2) is 3.82. The molecule has 0 saturated heterocycles. The predicted molar refractivity (Wildman–Crippen MR) is 65.5 cm³/mol. The van der Waals surface area contributed by atoms with E-state index in [4.69, 9.17) is 5.26 Å². The molecule has 16 heavy (non-hydrogen) atoms. The zero-order chi connectivity index (χ0) is 11.7. The summed E-state index contributed by atoms with van der Waals surface area (Å²) < 4.78 is 0. The van der Waals surface area contributed by atoms with E-state index in [1.165, 1.54) is 5.56 Å². The molecule has 2 aromatic rings. The third kappa shape index (κ3) is 1.49. The normalized spacial score (nSPS) is 10.1. The Morgan fingerprint density at radius 2 is 2.06 bits per heavy atom. The van der Waals surface area contributed by atoms with Crippen LogP contribution in [0.5, 0.6) is 0 Å². The first-order valence-corrected chi connectivity index (χ1v) is 5.16. The highest BCUT2D eigenvalue weighted by Crippen LogP contribution is 2.26. The summed E-state index contributed by atoms with van der Waals surface area (Å²) in [5, 5.41) is 13.1. The van der Waals surface area contributed by atoms with Gasteiger partial charge in [-0.15, -0.1) is 0 Å². The Kier molecular flexibility index (Phi) is 2.49. The van der Waals surface area contributed by atoms with E-state index < -0.39 is 0 Å². The fourth-order valence-electron chi connectivity index (χ4n) is 1.79. The lowest BCUT2D eigenvalue weighted by Crippen LogP contribution is -1.96. The van der Waals surface area contributed by atoms with Gasteiger partial charge < -0.3 is 5.32 Å². The molecule has 0 aliphatic rings. The number of hydrogen-bond donors (Lipinski definition) is 1. The molecule has 1 aromatic carbocycles. The van der Waals surface area contributed by atoms with Crippen molar-refractivity contribution >= 4 is 16.6 Å². The molecule has 80 valence electrons. The molecule has 0 unspecified atom stereocenters. The number of hydrogen-bond acceptors (Lipinski definition) is 3. The summed E-state index contributed by atoms with van der Waals surface area (Å²) in [5.74, 6) is 0. The van der Waals surface area contributed by atoms with Crippen LogP contribution in [0, 0.1) is 25.2 Å². The van der Waals surface area contributed by atoms with Crippen molar-refractivity contribution in [3.05, 3.63) is 35.0 Å². The number of nitrogens with zero attached hydrogens (tertiary/aromatic N) is 2. The van der Waals surface area contributed by atoms with Gasteiger partial charge in [-0.3, -0.25) is 0 Å². The highest BCUT2D eigenvalue weighted by atomic mass is 14.8. The van der Waals surface area contributed by atoms with Crippen molar-refractivity contribution in [1.29, 1.82) is 5.26 Å². The average Bonchev–Trinajstić information content (AvgIpc) is 2.32. The molecular weight excluding hydrogens is 198 g/mol. The van der Waals surface area contributed by atoms with Crippen LogP contribution in [0.15, 0.2) is 18.2 Å². The molecule has 2 rings (SSSR count). The standard InChI is InChI=1S/C13H13N3/c1-8-4-5-11-12(15-3)6-10(7-14)16-13(11)9(8)2/h4-6H,1-3H3,(H,15,16). The van der Waals surface area contributed by atoms with Gasteiger partial charge in [-0.25, -0.2) is 4.98 Å². The summed E-state index contributed by atoms with van der Waals surface area (Å²) in [6.07, 6.45) is 0. The number of nitriles is 1. The monoisotopic (exact) mass is 211 g/mol. The summed E-state index contributed by atoms with van der Waals surface area (Å²) in [7, 11) is 1.85. The number of pyridine rings is 1. The highest BCUT2D eigenvalue weighted by Gasteiger charge is 2.07. The Morgan fingerprint density at radius 1 is 1.31 bits per heavy atom. The molecule has 1 heterocycles. The summed E-state index contributed by atoms with van der Waals surface area (Å²) in [6.45, 7) is 4.08. The average molecular weight is 211 g/mol. The van der Waals surface area contributed by atoms with Gasteiger partial charge in [0.05, 0.1) is 5.52 Å².